The second-order valence-electron chi connectivity index (χ2n) is 4.64. The first kappa shape index (κ1) is 13.5. The number of nitrogens with one attached hydrogen (secondary N) is 1. The molecule has 0 aromatic rings. The number of piperidine rings is 2. The van der Waals surface area contributed by atoms with Gasteiger partial charge in [-0.1, -0.05) is 0 Å². The number of nitrogens with zero attached hydrogens (tertiary/aromatic N) is 1. The fourth-order valence-electron chi connectivity index (χ4n) is 2.70. The first-order valence-corrected chi connectivity index (χ1v) is 5.71. The van der Waals surface area contributed by atoms with E-state index in [4.69, 9.17) is 0 Å². The van der Waals surface area contributed by atoms with Gasteiger partial charge in [0.2, 0.25) is 11.8 Å². The summed E-state index contributed by atoms with van der Waals surface area (Å²) in [5.41, 5.74) is -0.0227. The number of rotatable bonds is 1. The fraction of sp³-hybridized carbons (Fsp3) is 0.818. The lowest BCUT2D eigenvalue weighted by molar-refractivity contribution is -0.154. The fourth-order valence-corrected chi connectivity index (χ4v) is 2.70. The molecule has 2 amide bonds. The molecule has 16 heavy (non-hydrogen) atoms. The molecule has 2 aliphatic rings. The van der Waals surface area contributed by atoms with Crippen molar-refractivity contribution >= 4 is 24.2 Å². The van der Waals surface area contributed by atoms with Gasteiger partial charge in [-0.15, -0.1) is 12.4 Å². The van der Waals surface area contributed by atoms with Gasteiger partial charge in [-0.25, -0.2) is 0 Å². The second-order valence-corrected chi connectivity index (χ2v) is 4.64. The van der Waals surface area contributed by atoms with Crippen LogP contribution in [0.2, 0.25) is 0 Å². The Kier molecular flexibility index (Phi) is 4.33. The van der Waals surface area contributed by atoms with E-state index in [2.05, 4.69) is 5.32 Å². The number of hydrogen-bond acceptors (Lipinski definition) is 3. The van der Waals surface area contributed by atoms with Crippen molar-refractivity contribution in [2.24, 2.45) is 5.41 Å². The summed E-state index contributed by atoms with van der Waals surface area (Å²) < 4.78 is 0. The van der Waals surface area contributed by atoms with E-state index in [0.717, 1.165) is 25.9 Å². The van der Waals surface area contributed by atoms with Crippen LogP contribution in [0.25, 0.3) is 0 Å². The molecule has 5 heteroatoms. The van der Waals surface area contributed by atoms with Crippen molar-refractivity contribution < 1.29 is 9.59 Å². The maximum Gasteiger partial charge on any atom is 0.229 e. The van der Waals surface area contributed by atoms with E-state index in [1.165, 1.54) is 4.90 Å². The molecule has 1 N–H and O–H groups in total. The molecule has 0 aromatic heterocycles. The van der Waals surface area contributed by atoms with E-state index in [1.807, 2.05) is 6.92 Å². The minimum atomic E-state index is -0.0227. The first-order chi connectivity index (χ1) is 7.17. The summed E-state index contributed by atoms with van der Waals surface area (Å²) in [6, 6.07) is 0. The molecule has 1 spiro atoms. The SMILES string of the molecule is CCN1C(=O)CC2(CCNCC2)CC1=O.Cl. The molecule has 0 atom stereocenters. The lowest BCUT2D eigenvalue weighted by atomic mass is 9.71. The zero-order valence-electron chi connectivity index (χ0n) is 9.62. The quantitative estimate of drug-likeness (QED) is 0.701. The summed E-state index contributed by atoms with van der Waals surface area (Å²) in [6.07, 6.45) is 3.05. The van der Waals surface area contributed by atoms with Crippen molar-refractivity contribution in [1.82, 2.24) is 10.2 Å². The molecule has 0 aliphatic carbocycles. The van der Waals surface area contributed by atoms with Crippen LogP contribution in [0, 0.1) is 5.41 Å². The zero-order chi connectivity index (χ0) is 10.9. The van der Waals surface area contributed by atoms with Crippen LogP contribution < -0.4 is 5.32 Å². The van der Waals surface area contributed by atoms with Crippen molar-refractivity contribution in [3.63, 3.8) is 0 Å². The molecule has 2 heterocycles. The van der Waals surface area contributed by atoms with Crippen molar-refractivity contribution in [1.29, 1.82) is 0 Å². The van der Waals surface area contributed by atoms with Crippen LogP contribution >= 0.6 is 12.4 Å². The standard InChI is InChI=1S/C11H18N2O2.ClH/c1-2-13-9(14)7-11(8-10(13)15)3-5-12-6-4-11;/h12H,2-8H2,1H3;1H. The van der Waals surface area contributed by atoms with Crippen molar-refractivity contribution in [2.75, 3.05) is 19.6 Å². The van der Waals surface area contributed by atoms with Gasteiger partial charge in [0.25, 0.3) is 0 Å². The Labute approximate surface area is 102 Å². The number of amides is 2. The van der Waals surface area contributed by atoms with E-state index >= 15 is 0 Å². The van der Waals surface area contributed by atoms with Gasteiger partial charge >= 0.3 is 0 Å². The Morgan fingerprint density at radius 1 is 1.19 bits per heavy atom. The third kappa shape index (κ3) is 2.38. The van der Waals surface area contributed by atoms with Crippen LogP contribution in [0.4, 0.5) is 0 Å². The minimum absolute atomic E-state index is 0. The first-order valence-electron chi connectivity index (χ1n) is 5.71. The molecule has 92 valence electrons. The van der Waals surface area contributed by atoms with Gasteiger partial charge in [0.1, 0.15) is 0 Å². The van der Waals surface area contributed by atoms with Gasteiger partial charge in [-0.3, -0.25) is 14.5 Å². The largest absolute Gasteiger partial charge is 0.317 e. The second kappa shape index (κ2) is 5.15. The molecule has 0 bridgehead atoms. The van der Waals surface area contributed by atoms with Crippen molar-refractivity contribution in [3.05, 3.63) is 0 Å². The Morgan fingerprint density at radius 2 is 1.69 bits per heavy atom. The van der Waals surface area contributed by atoms with E-state index in [1.54, 1.807) is 0 Å². The van der Waals surface area contributed by atoms with Crippen LogP contribution in [0.15, 0.2) is 0 Å². The molecule has 2 fully saturated rings. The maximum absolute atomic E-state index is 11.8. The van der Waals surface area contributed by atoms with Crippen molar-refractivity contribution in [2.45, 2.75) is 32.6 Å². The highest BCUT2D eigenvalue weighted by molar-refractivity contribution is 5.98. The molecule has 0 radical (unpaired) electrons. The Balaban J connectivity index is 0.00000128. The number of imide groups is 1. The van der Waals surface area contributed by atoms with E-state index < -0.39 is 0 Å². The third-order valence-corrected chi connectivity index (χ3v) is 3.63. The minimum Gasteiger partial charge on any atom is -0.317 e. The summed E-state index contributed by atoms with van der Waals surface area (Å²) >= 11 is 0. The molecule has 4 nitrogen and oxygen atoms in total. The molecule has 0 aromatic carbocycles. The number of halogens is 1. The molecule has 2 rings (SSSR count). The number of carbonyl (C=O) groups excluding carboxylic acids is 2. The molecular formula is C11H19ClN2O2. The third-order valence-electron chi connectivity index (χ3n) is 3.63. The number of carbonyl (C=O) groups is 2. The lowest BCUT2D eigenvalue weighted by Gasteiger charge is -2.42. The number of hydrogen-bond donors (Lipinski definition) is 1. The van der Waals surface area contributed by atoms with Gasteiger partial charge in [0, 0.05) is 19.4 Å². The Bertz CT molecular complexity index is 268. The zero-order valence-corrected chi connectivity index (χ0v) is 10.4. The summed E-state index contributed by atoms with van der Waals surface area (Å²) in [5.74, 6) is 0.0475. The predicted octanol–water partition coefficient (Wildman–Crippen LogP) is 0.947. The summed E-state index contributed by atoms with van der Waals surface area (Å²) in [6.45, 7) is 4.25. The Morgan fingerprint density at radius 3 is 2.12 bits per heavy atom. The predicted molar refractivity (Wildman–Crippen MR) is 63.4 cm³/mol. The summed E-state index contributed by atoms with van der Waals surface area (Å²) in [5, 5.41) is 3.27. The van der Waals surface area contributed by atoms with E-state index in [9.17, 15) is 9.59 Å². The van der Waals surface area contributed by atoms with Gasteiger partial charge in [-0.05, 0) is 38.3 Å². The van der Waals surface area contributed by atoms with Crippen LogP contribution in [0.3, 0.4) is 0 Å². The van der Waals surface area contributed by atoms with E-state index in [0.29, 0.717) is 19.4 Å². The van der Waals surface area contributed by atoms with Crippen LogP contribution in [-0.2, 0) is 9.59 Å². The topological polar surface area (TPSA) is 49.4 Å². The van der Waals surface area contributed by atoms with Gasteiger partial charge in [0.15, 0.2) is 0 Å². The van der Waals surface area contributed by atoms with Crippen LogP contribution in [0.1, 0.15) is 32.6 Å². The molecule has 0 saturated carbocycles. The average Bonchev–Trinajstić information content (AvgIpc) is 2.18. The summed E-state index contributed by atoms with van der Waals surface area (Å²) in [7, 11) is 0. The molecule has 2 aliphatic heterocycles. The molecule has 2 saturated heterocycles. The van der Waals surface area contributed by atoms with Gasteiger partial charge in [-0.2, -0.15) is 0 Å². The maximum atomic E-state index is 11.8. The van der Waals surface area contributed by atoms with Crippen LogP contribution in [-0.4, -0.2) is 36.3 Å². The van der Waals surface area contributed by atoms with Crippen LogP contribution in [0.5, 0.6) is 0 Å². The van der Waals surface area contributed by atoms with Gasteiger partial charge < -0.3 is 5.32 Å². The highest BCUT2D eigenvalue weighted by Gasteiger charge is 2.43. The summed E-state index contributed by atoms with van der Waals surface area (Å²) in [4.78, 5) is 25.0. The molecule has 0 unspecified atom stereocenters. The van der Waals surface area contributed by atoms with Crippen molar-refractivity contribution in [3.8, 4) is 0 Å². The average molecular weight is 247 g/mol. The monoisotopic (exact) mass is 246 g/mol. The highest BCUT2D eigenvalue weighted by Crippen LogP contribution is 2.40. The normalized spacial score (nSPS) is 24.4. The highest BCUT2D eigenvalue weighted by atomic mass is 35.5. The Hall–Kier alpha value is -0.610. The molecular weight excluding hydrogens is 228 g/mol. The smallest absolute Gasteiger partial charge is 0.229 e. The van der Waals surface area contributed by atoms with E-state index in [-0.39, 0.29) is 29.6 Å². The number of likely N-dealkylation sites (tertiary alicyclic amines) is 1. The van der Waals surface area contributed by atoms with Gasteiger partial charge in [0.05, 0.1) is 0 Å². The lowest BCUT2D eigenvalue weighted by Crippen LogP contribution is -2.51.